The highest BCUT2D eigenvalue weighted by atomic mass is 16.7. The van der Waals surface area contributed by atoms with E-state index in [1.807, 2.05) is 55.6 Å². The summed E-state index contributed by atoms with van der Waals surface area (Å²) in [5, 5.41) is 0. The summed E-state index contributed by atoms with van der Waals surface area (Å²) in [6.07, 6.45) is 4.66. The normalized spacial score (nSPS) is 18.9. The summed E-state index contributed by atoms with van der Waals surface area (Å²) in [6.45, 7) is 5.02. The van der Waals surface area contributed by atoms with E-state index in [4.69, 9.17) is 14.5 Å². The number of rotatable bonds is 7. The summed E-state index contributed by atoms with van der Waals surface area (Å²) in [4.78, 5) is 25.7. The van der Waals surface area contributed by atoms with Gasteiger partial charge in [0.15, 0.2) is 11.5 Å². The highest BCUT2D eigenvalue weighted by Crippen LogP contribution is 2.36. The number of hydrogen-bond acceptors (Lipinski definition) is 6. The fourth-order valence-electron chi connectivity index (χ4n) is 5.70. The molecule has 3 aliphatic heterocycles. The molecule has 37 heavy (non-hydrogen) atoms. The highest BCUT2D eigenvalue weighted by Gasteiger charge is 2.32. The first kappa shape index (κ1) is 23.8. The van der Waals surface area contributed by atoms with Crippen molar-refractivity contribution in [2.75, 3.05) is 44.9 Å². The lowest BCUT2D eigenvalue weighted by Gasteiger charge is -2.29. The number of nitrogens with zero attached hydrogens (tertiary/aromatic N) is 4. The van der Waals surface area contributed by atoms with Crippen LogP contribution in [0.15, 0.2) is 60.7 Å². The fraction of sp³-hybridized carbons (Fsp3) is 0.400. The molecule has 7 heteroatoms. The van der Waals surface area contributed by atoms with Crippen LogP contribution >= 0.6 is 0 Å². The van der Waals surface area contributed by atoms with E-state index in [-0.39, 0.29) is 18.7 Å². The molecule has 2 saturated heterocycles. The number of fused-ring (bicyclic) bond motifs is 1. The third kappa shape index (κ3) is 5.14. The van der Waals surface area contributed by atoms with E-state index in [0.717, 1.165) is 61.8 Å². The van der Waals surface area contributed by atoms with Gasteiger partial charge in [-0.25, -0.2) is 4.98 Å². The number of hydrogen-bond donors (Lipinski definition) is 0. The molecule has 3 aromatic rings. The predicted octanol–water partition coefficient (Wildman–Crippen LogP) is 4.81. The number of benzene rings is 2. The summed E-state index contributed by atoms with van der Waals surface area (Å²) in [5.74, 6) is 2.32. The molecular weight excluding hydrogens is 464 g/mol. The van der Waals surface area contributed by atoms with Crippen LogP contribution in [0.25, 0.3) is 11.3 Å². The van der Waals surface area contributed by atoms with Crippen LogP contribution in [0.4, 0.5) is 5.82 Å². The molecule has 4 heterocycles. The third-order valence-corrected chi connectivity index (χ3v) is 7.69. The molecule has 1 atom stereocenters. The van der Waals surface area contributed by atoms with Crippen molar-refractivity contribution in [2.24, 2.45) is 0 Å². The van der Waals surface area contributed by atoms with E-state index < -0.39 is 0 Å². The monoisotopic (exact) mass is 498 g/mol. The standard InChI is InChI=1S/C30H34N4O3/c1-32(19-22-8-3-2-4-9-22)29-18-24(16-26(31-29)23-11-12-27-28(17-23)37-21-36-27)30(35)34-15-7-10-25(34)20-33-13-5-6-14-33/h2-4,8-9,11-12,16-18,25H,5-7,10,13-15,19-21H2,1H3/t25-/m0/s1. The second kappa shape index (κ2) is 10.4. The van der Waals surface area contributed by atoms with Crippen molar-refractivity contribution in [3.63, 3.8) is 0 Å². The minimum Gasteiger partial charge on any atom is -0.454 e. The average Bonchev–Trinajstić information content (AvgIpc) is 3.71. The third-order valence-electron chi connectivity index (χ3n) is 7.69. The Balaban J connectivity index is 1.32. The summed E-state index contributed by atoms with van der Waals surface area (Å²) >= 11 is 0. The molecular formula is C30H34N4O3. The van der Waals surface area contributed by atoms with Crippen molar-refractivity contribution < 1.29 is 14.3 Å². The Bertz CT molecular complexity index is 1260. The van der Waals surface area contributed by atoms with E-state index in [1.165, 1.54) is 18.4 Å². The Morgan fingerprint density at radius 1 is 0.973 bits per heavy atom. The summed E-state index contributed by atoms with van der Waals surface area (Å²) in [5.41, 5.74) is 3.54. The number of likely N-dealkylation sites (tertiary alicyclic amines) is 2. The number of carbonyl (C=O) groups is 1. The van der Waals surface area contributed by atoms with Crippen molar-refractivity contribution in [2.45, 2.75) is 38.3 Å². The zero-order valence-electron chi connectivity index (χ0n) is 21.4. The van der Waals surface area contributed by atoms with Gasteiger partial charge in [-0.15, -0.1) is 0 Å². The number of ether oxygens (including phenoxy) is 2. The maximum Gasteiger partial charge on any atom is 0.254 e. The number of aromatic nitrogens is 1. The van der Waals surface area contributed by atoms with Crippen molar-refractivity contribution >= 4 is 11.7 Å². The van der Waals surface area contributed by atoms with Crippen molar-refractivity contribution in [1.29, 1.82) is 0 Å². The first-order chi connectivity index (χ1) is 18.1. The average molecular weight is 499 g/mol. The van der Waals surface area contributed by atoms with Crippen LogP contribution < -0.4 is 14.4 Å². The van der Waals surface area contributed by atoms with Crippen molar-refractivity contribution in [3.05, 3.63) is 71.8 Å². The van der Waals surface area contributed by atoms with Gasteiger partial charge < -0.3 is 24.2 Å². The Hall–Kier alpha value is -3.58. The largest absolute Gasteiger partial charge is 0.454 e. The lowest BCUT2D eigenvalue weighted by molar-refractivity contribution is 0.0708. The first-order valence-electron chi connectivity index (χ1n) is 13.3. The Morgan fingerprint density at radius 3 is 2.62 bits per heavy atom. The molecule has 0 radical (unpaired) electrons. The zero-order chi connectivity index (χ0) is 25.2. The lowest BCUT2D eigenvalue weighted by atomic mass is 10.1. The van der Waals surface area contributed by atoms with Crippen LogP contribution in [0.3, 0.4) is 0 Å². The van der Waals surface area contributed by atoms with Crippen molar-refractivity contribution in [3.8, 4) is 22.8 Å². The second-order valence-corrected chi connectivity index (χ2v) is 10.3. The zero-order valence-corrected chi connectivity index (χ0v) is 21.4. The predicted molar refractivity (Wildman–Crippen MR) is 144 cm³/mol. The molecule has 0 aliphatic carbocycles. The van der Waals surface area contributed by atoms with Gasteiger partial charge in [0.25, 0.3) is 5.91 Å². The van der Waals surface area contributed by atoms with Crippen LogP contribution in [0, 0.1) is 0 Å². The molecule has 0 unspecified atom stereocenters. The van der Waals surface area contributed by atoms with E-state index in [2.05, 4.69) is 26.8 Å². The molecule has 2 aromatic carbocycles. The SMILES string of the molecule is CN(Cc1ccccc1)c1cc(C(=O)N2CCC[C@H]2CN2CCCC2)cc(-c2ccc3c(c2)OCO3)n1. The first-order valence-corrected chi connectivity index (χ1v) is 13.3. The van der Waals surface area contributed by atoms with E-state index in [0.29, 0.717) is 17.9 Å². The smallest absolute Gasteiger partial charge is 0.254 e. The molecule has 0 N–H and O–H groups in total. The van der Waals surface area contributed by atoms with E-state index in [9.17, 15) is 4.79 Å². The van der Waals surface area contributed by atoms with Gasteiger partial charge in [0.1, 0.15) is 5.82 Å². The number of carbonyl (C=O) groups excluding carboxylic acids is 1. The molecule has 0 saturated carbocycles. The van der Waals surface area contributed by atoms with Crippen LogP contribution in [-0.2, 0) is 6.54 Å². The van der Waals surface area contributed by atoms with Gasteiger partial charge in [-0.3, -0.25) is 4.79 Å². The van der Waals surface area contributed by atoms with Gasteiger partial charge >= 0.3 is 0 Å². The fourth-order valence-corrected chi connectivity index (χ4v) is 5.70. The minimum atomic E-state index is 0.0976. The molecule has 3 aliphatic rings. The van der Waals surface area contributed by atoms with Crippen LogP contribution in [-0.4, -0.2) is 66.8 Å². The molecule has 7 nitrogen and oxygen atoms in total. The molecule has 0 spiro atoms. The van der Waals surface area contributed by atoms with Gasteiger partial charge in [-0.1, -0.05) is 30.3 Å². The van der Waals surface area contributed by atoms with Gasteiger partial charge in [-0.05, 0) is 74.7 Å². The molecule has 2 fully saturated rings. The summed E-state index contributed by atoms with van der Waals surface area (Å²) in [7, 11) is 2.03. The molecule has 6 rings (SSSR count). The summed E-state index contributed by atoms with van der Waals surface area (Å²) in [6, 6.07) is 20.3. The molecule has 0 bridgehead atoms. The lowest BCUT2D eigenvalue weighted by Crippen LogP contribution is -2.42. The number of anilines is 1. The molecule has 1 aromatic heterocycles. The number of amides is 1. The van der Waals surface area contributed by atoms with E-state index >= 15 is 0 Å². The Morgan fingerprint density at radius 2 is 1.78 bits per heavy atom. The number of pyridine rings is 1. The van der Waals surface area contributed by atoms with Crippen LogP contribution in [0.2, 0.25) is 0 Å². The maximum atomic E-state index is 14.0. The maximum absolute atomic E-state index is 14.0. The Kier molecular flexibility index (Phi) is 6.70. The van der Waals surface area contributed by atoms with Crippen molar-refractivity contribution in [1.82, 2.24) is 14.8 Å². The van der Waals surface area contributed by atoms with E-state index in [1.54, 1.807) is 0 Å². The van der Waals surface area contributed by atoms with Gasteiger partial charge in [0, 0.05) is 43.9 Å². The second-order valence-electron chi connectivity index (χ2n) is 10.3. The van der Waals surface area contributed by atoms with Gasteiger partial charge in [0.2, 0.25) is 6.79 Å². The summed E-state index contributed by atoms with van der Waals surface area (Å²) < 4.78 is 11.1. The molecule has 1 amide bonds. The highest BCUT2D eigenvalue weighted by molar-refractivity contribution is 5.96. The molecule has 192 valence electrons. The topological polar surface area (TPSA) is 58.1 Å². The Labute approximate surface area is 218 Å². The van der Waals surface area contributed by atoms with Gasteiger partial charge in [0.05, 0.1) is 5.69 Å². The van der Waals surface area contributed by atoms with Gasteiger partial charge in [-0.2, -0.15) is 0 Å². The quantitative estimate of drug-likeness (QED) is 0.466. The van der Waals surface area contributed by atoms with Crippen LogP contribution in [0.1, 0.15) is 41.6 Å². The minimum absolute atomic E-state index is 0.0976. The van der Waals surface area contributed by atoms with Crippen LogP contribution in [0.5, 0.6) is 11.5 Å².